The molecule has 77 heavy (non-hydrogen) atoms. The van der Waals surface area contributed by atoms with Gasteiger partial charge in [-0.05, 0) is 169 Å². The Bertz CT molecular complexity index is 4110. The van der Waals surface area contributed by atoms with Crippen LogP contribution in [0.5, 0.6) is 0 Å². The first-order valence-corrected chi connectivity index (χ1v) is 26.9. The van der Waals surface area contributed by atoms with Gasteiger partial charge in [-0.2, -0.15) is 6.07 Å². The summed E-state index contributed by atoms with van der Waals surface area (Å²) < 4.78 is 2.31. The van der Waals surface area contributed by atoms with Crippen molar-refractivity contribution in [2.24, 2.45) is 4.99 Å². The van der Waals surface area contributed by atoms with E-state index in [1.807, 2.05) is 18.5 Å². The molecule has 10 aromatic rings. The van der Waals surface area contributed by atoms with E-state index in [2.05, 4.69) is 244 Å². The Morgan fingerprint density at radius 3 is 2.00 bits per heavy atom. The number of aromatic nitrogens is 3. The Balaban J connectivity index is 0.00000596. The van der Waals surface area contributed by atoms with Gasteiger partial charge >= 0.3 is 21.1 Å². The Hall–Kier alpha value is -7.40. The van der Waals surface area contributed by atoms with E-state index in [1.165, 1.54) is 89.0 Å². The molecule has 0 saturated heterocycles. The van der Waals surface area contributed by atoms with Gasteiger partial charge in [-0.1, -0.05) is 147 Å². The minimum atomic E-state index is -0.674. The number of para-hydroxylation sites is 2. The minimum Gasteiger partial charge on any atom is -0.356 e. The van der Waals surface area contributed by atoms with Crippen molar-refractivity contribution in [3.05, 3.63) is 230 Å². The molecule has 0 saturated carbocycles. The SMILES string of the molecule is Cc1cc(C)c(N2C(c3[c-]c(N4c5[c-]c6c(cc5C(C)(C)c5ccccc54)c4ccccc4n6-c4cc(C(C)(C)C)ccn4)cc(-c4ccccn4)c3)=N[C@]3(C)c4cc(C)cc(C)c4-c4c(C)cc(C)cc4[C@H]23)c(C)c1.[Pt+2]. The van der Waals surface area contributed by atoms with Gasteiger partial charge in [-0.25, -0.2) is 4.98 Å². The van der Waals surface area contributed by atoms with Crippen molar-refractivity contribution in [1.82, 2.24) is 14.5 Å². The van der Waals surface area contributed by atoms with Gasteiger partial charge in [-0.3, -0.25) is 4.98 Å². The summed E-state index contributed by atoms with van der Waals surface area (Å²) in [7, 11) is 0. The molecule has 1 aliphatic carbocycles. The van der Waals surface area contributed by atoms with Crippen LogP contribution in [0.25, 0.3) is 50.0 Å². The van der Waals surface area contributed by atoms with E-state index in [4.69, 9.17) is 15.0 Å². The maximum atomic E-state index is 6.18. The number of rotatable bonds is 5. The van der Waals surface area contributed by atoms with Crippen molar-refractivity contribution >= 4 is 50.4 Å². The number of benzene rings is 7. The van der Waals surface area contributed by atoms with Crippen molar-refractivity contribution in [1.29, 1.82) is 0 Å². The zero-order valence-electron chi connectivity index (χ0n) is 46.4. The molecular formula is C70H64N6Pt. The molecule has 2 atom stereocenters. The molecule has 0 radical (unpaired) electrons. The number of fused-ring (bicyclic) bond motifs is 11. The van der Waals surface area contributed by atoms with E-state index in [9.17, 15) is 0 Å². The maximum absolute atomic E-state index is 6.18. The third-order valence-corrected chi connectivity index (χ3v) is 16.9. The Kier molecular flexibility index (Phi) is 11.7. The van der Waals surface area contributed by atoms with Crippen LogP contribution >= 0.6 is 0 Å². The number of aliphatic imine (C=N–C) groups is 1. The Morgan fingerprint density at radius 2 is 1.26 bits per heavy atom. The topological polar surface area (TPSA) is 49.5 Å². The van der Waals surface area contributed by atoms with E-state index < -0.39 is 5.54 Å². The fraction of sp³-hybridized carbons (Fsp3) is 0.243. The number of hydrogen-bond acceptors (Lipinski definition) is 5. The van der Waals surface area contributed by atoms with Gasteiger partial charge in [0, 0.05) is 29.3 Å². The summed E-state index contributed by atoms with van der Waals surface area (Å²) in [4.78, 5) is 21.3. The molecule has 0 spiro atoms. The summed E-state index contributed by atoms with van der Waals surface area (Å²) in [5.74, 6) is 1.76. The smallest absolute Gasteiger partial charge is 0.356 e. The van der Waals surface area contributed by atoms with Crippen LogP contribution in [0.2, 0.25) is 0 Å². The zero-order chi connectivity index (χ0) is 52.9. The van der Waals surface area contributed by atoms with E-state index in [0.29, 0.717) is 0 Å². The predicted octanol–water partition coefficient (Wildman–Crippen LogP) is 17.3. The molecule has 0 amide bonds. The molecule has 3 aliphatic rings. The van der Waals surface area contributed by atoms with Crippen LogP contribution in [-0.2, 0) is 37.4 Å². The quantitative estimate of drug-likeness (QED) is 0.161. The number of pyridine rings is 2. The normalized spacial score (nSPS) is 17.1. The minimum absolute atomic E-state index is 0. The first-order chi connectivity index (χ1) is 36.3. The van der Waals surface area contributed by atoms with Gasteiger partial charge in [0.25, 0.3) is 0 Å². The van der Waals surface area contributed by atoms with Gasteiger partial charge in [0.1, 0.15) is 5.82 Å². The number of aryl methyl sites for hydroxylation is 7. The number of amidine groups is 1. The zero-order valence-corrected chi connectivity index (χ0v) is 48.7. The summed E-state index contributed by atoms with van der Waals surface area (Å²) in [6, 6.07) is 57.6. The van der Waals surface area contributed by atoms with Crippen LogP contribution in [-0.4, -0.2) is 20.4 Å². The van der Waals surface area contributed by atoms with Crippen LogP contribution in [0.15, 0.2) is 151 Å². The van der Waals surface area contributed by atoms with Crippen molar-refractivity contribution in [3.63, 3.8) is 0 Å². The third-order valence-electron chi connectivity index (χ3n) is 16.9. The summed E-state index contributed by atoms with van der Waals surface area (Å²) in [6.45, 7) is 29.6. The molecule has 0 bridgehead atoms. The molecule has 0 fully saturated rings. The van der Waals surface area contributed by atoms with Crippen LogP contribution in [0.3, 0.4) is 0 Å². The van der Waals surface area contributed by atoms with Crippen molar-refractivity contribution in [3.8, 4) is 28.2 Å². The molecule has 384 valence electrons. The molecule has 13 rings (SSSR count). The van der Waals surface area contributed by atoms with Gasteiger partial charge < -0.3 is 19.4 Å². The second-order valence-corrected chi connectivity index (χ2v) is 23.8. The van der Waals surface area contributed by atoms with Gasteiger partial charge in [0.2, 0.25) is 0 Å². The molecule has 3 aromatic heterocycles. The van der Waals surface area contributed by atoms with Crippen molar-refractivity contribution < 1.29 is 21.1 Å². The molecule has 0 unspecified atom stereocenters. The van der Waals surface area contributed by atoms with Crippen LogP contribution in [0, 0.1) is 60.6 Å². The van der Waals surface area contributed by atoms with E-state index in [0.717, 1.165) is 62.0 Å². The number of hydrogen-bond donors (Lipinski definition) is 0. The largest absolute Gasteiger partial charge is 2.00 e. The van der Waals surface area contributed by atoms with Crippen LogP contribution < -0.4 is 9.80 Å². The molecule has 0 N–H and O–H groups in total. The summed E-state index contributed by atoms with van der Waals surface area (Å²) in [5.41, 5.74) is 25.3. The predicted molar refractivity (Wildman–Crippen MR) is 316 cm³/mol. The second kappa shape index (κ2) is 17.8. The Morgan fingerprint density at radius 1 is 0.584 bits per heavy atom. The van der Waals surface area contributed by atoms with Crippen molar-refractivity contribution in [2.45, 2.75) is 112 Å². The van der Waals surface area contributed by atoms with E-state index in [1.54, 1.807) is 0 Å². The van der Waals surface area contributed by atoms with Gasteiger partial charge in [-0.15, -0.1) is 40.8 Å². The Labute approximate surface area is 468 Å². The number of nitrogens with zero attached hydrogens (tertiary/aromatic N) is 6. The van der Waals surface area contributed by atoms with Crippen LogP contribution in [0.1, 0.15) is 120 Å². The molecule has 6 nitrogen and oxygen atoms in total. The summed E-state index contributed by atoms with van der Waals surface area (Å²) in [6.07, 6.45) is 3.84. The fourth-order valence-corrected chi connectivity index (χ4v) is 13.6. The molecule has 7 aromatic carbocycles. The maximum Gasteiger partial charge on any atom is 2.00 e. The number of anilines is 4. The molecular weight excluding hydrogens is 1120 g/mol. The summed E-state index contributed by atoms with van der Waals surface area (Å²) in [5, 5.41) is 2.31. The monoisotopic (exact) mass is 1180 g/mol. The fourth-order valence-electron chi connectivity index (χ4n) is 13.6. The third kappa shape index (κ3) is 7.64. The molecule has 7 heteroatoms. The molecule has 2 aliphatic heterocycles. The second-order valence-electron chi connectivity index (χ2n) is 23.8. The molecule has 5 heterocycles. The van der Waals surface area contributed by atoms with E-state index in [-0.39, 0.29) is 37.9 Å². The first kappa shape index (κ1) is 50.4. The summed E-state index contributed by atoms with van der Waals surface area (Å²) >= 11 is 0. The first-order valence-electron chi connectivity index (χ1n) is 26.9. The van der Waals surface area contributed by atoms with E-state index >= 15 is 0 Å². The average molecular weight is 1180 g/mol. The van der Waals surface area contributed by atoms with Crippen LogP contribution in [0.4, 0.5) is 22.7 Å². The van der Waals surface area contributed by atoms with Gasteiger partial charge in [0.05, 0.1) is 23.1 Å². The van der Waals surface area contributed by atoms with Gasteiger partial charge in [0.15, 0.2) is 0 Å². The average Bonchev–Trinajstić information content (AvgIpc) is 4.11. The van der Waals surface area contributed by atoms with Crippen molar-refractivity contribution in [2.75, 3.05) is 9.80 Å². The standard InChI is InChI=1S/C70H64N6.Pt/c1-40-30-45(6)65(46(7)31-40)76-66-53-32-41(2)28-43(4)63(53)64-44(5)29-42(3)33-56(64)70(66,13)73-67(76)48-34-47(57-22-18-19-26-71-57)35-50(36-48)74-59-24-17-15-21-54(59)69(11,12)55-38-52-51-20-14-16-23-58(51)75(60(52)39-61(55)74)62-37-49(25-27-72-62)68(8,9)10;/h14-35,37-38,66H,1-13H3;/q-2;+2/t66-,70+;/m0./s1.